The summed E-state index contributed by atoms with van der Waals surface area (Å²) < 4.78 is 77.6. The third kappa shape index (κ3) is 4.69. The molecule has 27 heavy (non-hydrogen) atoms. The number of aromatic nitrogens is 5. The van der Waals surface area contributed by atoms with Gasteiger partial charge in [-0.2, -0.15) is 26.3 Å². The molecule has 5 nitrogen and oxygen atoms in total. The number of benzene rings is 1. The highest BCUT2D eigenvalue weighted by Crippen LogP contribution is 2.38. The predicted molar refractivity (Wildman–Crippen MR) is 83.0 cm³/mol. The lowest BCUT2D eigenvalue weighted by Gasteiger charge is -2.13. The van der Waals surface area contributed by atoms with E-state index in [1.54, 1.807) is 0 Å². The monoisotopic (exact) mass is 425 g/mol. The summed E-state index contributed by atoms with van der Waals surface area (Å²) in [6, 6.07) is 2.56. The van der Waals surface area contributed by atoms with Gasteiger partial charge in [0, 0.05) is 11.6 Å². The normalized spacial score (nSPS) is 12.4. The number of nitrogens with one attached hydrogen (secondary N) is 1. The van der Waals surface area contributed by atoms with Crippen LogP contribution >= 0.6 is 23.4 Å². The van der Waals surface area contributed by atoms with Crippen molar-refractivity contribution in [3.8, 4) is 11.4 Å². The average Bonchev–Trinajstić information content (AvgIpc) is 3.01. The van der Waals surface area contributed by atoms with E-state index in [0.29, 0.717) is 17.2 Å². The van der Waals surface area contributed by atoms with Crippen LogP contribution in [0.25, 0.3) is 11.4 Å². The van der Waals surface area contributed by atoms with Gasteiger partial charge >= 0.3 is 12.4 Å². The summed E-state index contributed by atoms with van der Waals surface area (Å²) in [7, 11) is 0. The Kier molecular flexibility index (Phi) is 5.04. The SMILES string of the molecule is FC(F)(F)c1cc(-c2nc(Sc3cc(Cl)ncn3)n[nH]2)cc(C(F)(F)F)c1. The summed E-state index contributed by atoms with van der Waals surface area (Å²) in [5, 5.41) is 6.61. The van der Waals surface area contributed by atoms with Crippen molar-refractivity contribution in [1.82, 2.24) is 25.1 Å². The van der Waals surface area contributed by atoms with Crippen molar-refractivity contribution in [2.45, 2.75) is 22.5 Å². The van der Waals surface area contributed by atoms with Crippen LogP contribution in [-0.4, -0.2) is 25.1 Å². The molecular formula is C14H6ClF6N5S. The summed E-state index contributed by atoms with van der Waals surface area (Å²) in [5.41, 5.74) is -3.29. The van der Waals surface area contributed by atoms with E-state index in [1.807, 2.05) is 0 Å². The van der Waals surface area contributed by atoms with Crippen LogP contribution in [-0.2, 0) is 12.4 Å². The van der Waals surface area contributed by atoms with Gasteiger partial charge in [0.1, 0.15) is 16.5 Å². The standard InChI is InChI=1S/C14H6ClF6N5S/c15-9-4-10(23-5-22-9)27-12-24-11(25-26-12)6-1-7(13(16,17)18)3-8(2-6)14(19,20)21/h1-5H,(H,24,25,26). The number of halogens is 7. The summed E-state index contributed by atoms with van der Waals surface area (Å²) in [6.45, 7) is 0. The smallest absolute Gasteiger partial charge is 0.258 e. The van der Waals surface area contributed by atoms with E-state index < -0.39 is 29.0 Å². The molecule has 0 unspecified atom stereocenters. The molecule has 0 aliphatic rings. The maximum Gasteiger partial charge on any atom is 0.416 e. The molecule has 13 heteroatoms. The van der Waals surface area contributed by atoms with Crippen LogP contribution in [0.15, 0.2) is 40.8 Å². The second-order valence-electron chi connectivity index (χ2n) is 5.04. The molecule has 0 atom stereocenters. The molecular weight excluding hydrogens is 420 g/mol. The van der Waals surface area contributed by atoms with E-state index in [-0.39, 0.29) is 22.2 Å². The lowest BCUT2D eigenvalue weighted by Crippen LogP contribution is -2.11. The highest BCUT2D eigenvalue weighted by Gasteiger charge is 2.37. The fraction of sp³-hybridized carbons (Fsp3) is 0.143. The zero-order chi connectivity index (χ0) is 19.8. The van der Waals surface area contributed by atoms with E-state index in [1.165, 1.54) is 12.4 Å². The molecule has 0 saturated heterocycles. The van der Waals surface area contributed by atoms with Crippen molar-refractivity contribution < 1.29 is 26.3 Å². The third-order valence-electron chi connectivity index (χ3n) is 3.13. The quantitative estimate of drug-likeness (QED) is 0.467. The maximum atomic E-state index is 12.9. The lowest BCUT2D eigenvalue weighted by molar-refractivity contribution is -0.143. The Bertz CT molecular complexity index is 939. The van der Waals surface area contributed by atoms with Gasteiger partial charge in [0.05, 0.1) is 11.1 Å². The third-order valence-corrected chi connectivity index (χ3v) is 4.13. The summed E-state index contributed by atoms with van der Waals surface area (Å²) in [6.07, 6.45) is -8.72. The highest BCUT2D eigenvalue weighted by molar-refractivity contribution is 7.99. The first-order chi connectivity index (χ1) is 12.5. The Labute approximate surface area is 156 Å². The molecule has 0 radical (unpaired) electrons. The van der Waals surface area contributed by atoms with E-state index in [2.05, 4.69) is 25.1 Å². The first-order valence-corrected chi connectivity index (χ1v) is 8.09. The van der Waals surface area contributed by atoms with Gasteiger partial charge in [-0.3, -0.25) is 5.10 Å². The van der Waals surface area contributed by atoms with Gasteiger partial charge in [-0.05, 0) is 30.0 Å². The molecule has 0 saturated carbocycles. The molecule has 0 aliphatic heterocycles. The molecule has 2 heterocycles. The van der Waals surface area contributed by atoms with Crippen LogP contribution in [0, 0.1) is 0 Å². The van der Waals surface area contributed by atoms with Gasteiger partial charge in [0.2, 0.25) is 5.16 Å². The predicted octanol–water partition coefficient (Wildman–Crippen LogP) is 5.10. The minimum absolute atomic E-state index is 0.0331. The molecule has 1 aromatic carbocycles. The van der Waals surface area contributed by atoms with Crippen LogP contribution in [0.4, 0.5) is 26.3 Å². The minimum Gasteiger partial charge on any atom is -0.258 e. The number of H-pyrrole nitrogens is 1. The summed E-state index contributed by atoms with van der Waals surface area (Å²) in [4.78, 5) is 11.5. The van der Waals surface area contributed by atoms with Gasteiger partial charge in [-0.15, -0.1) is 5.10 Å². The van der Waals surface area contributed by atoms with Gasteiger partial charge in [0.15, 0.2) is 5.82 Å². The van der Waals surface area contributed by atoms with Crippen molar-refractivity contribution in [3.05, 3.63) is 46.9 Å². The molecule has 0 fully saturated rings. The van der Waals surface area contributed by atoms with E-state index in [9.17, 15) is 26.3 Å². The number of nitrogens with zero attached hydrogens (tertiary/aromatic N) is 4. The number of aromatic amines is 1. The largest absolute Gasteiger partial charge is 0.416 e. The molecule has 0 spiro atoms. The topological polar surface area (TPSA) is 67.3 Å². The molecule has 2 aromatic heterocycles. The minimum atomic E-state index is -4.95. The Morgan fingerprint density at radius 2 is 1.52 bits per heavy atom. The Balaban J connectivity index is 1.98. The molecule has 142 valence electrons. The molecule has 0 aliphatic carbocycles. The average molecular weight is 426 g/mol. The van der Waals surface area contributed by atoms with Gasteiger partial charge < -0.3 is 0 Å². The van der Waals surface area contributed by atoms with Gasteiger partial charge in [-0.1, -0.05) is 11.6 Å². The van der Waals surface area contributed by atoms with Gasteiger partial charge in [0.25, 0.3) is 0 Å². The Morgan fingerprint density at radius 3 is 2.07 bits per heavy atom. The first-order valence-electron chi connectivity index (χ1n) is 6.90. The number of hydrogen-bond donors (Lipinski definition) is 1. The molecule has 1 N–H and O–H groups in total. The Morgan fingerprint density at radius 1 is 0.889 bits per heavy atom. The number of alkyl halides is 6. The first kappa shape index (κ1) is 19.4. The van der Waals surface area contributed by atoms with Crippen LogP contribution in [0.3, 0.4) is 0 Å². The second kappa shape index (κ2) is 7.00. The Hall–Kier alpha value is -2.34. The zero-order valence-corrected chi connectivity index (χ0v) is 14.3. The van der Waals surface area contributed by atoms with E-state index in [0.717, 1.165) is 11.8 Å². The fourth-order valence-electron chi connectivity index (χ4n) is 1.98. The number of rotatable bonds is 3. The molecule has 3 rings (SSSR count). The van der Waals surface area contributed by atoms with Crippen LogP contribution in [0.2, 0.25) is 5.15 Å². The van der Waals surface area contributed by atoms with Crippen molar-refractivity contribution in [1.29, 1.82) is 0 Å². The summed E-state index contributed by atoms with van der Waals surface area (Å²) >= 11 is 6.61. The zero-order valence-electron chi connectivity index (χ0n) is 12.7. The molecule has 0 bridgehead atoms. The summed E-state index contributed by atoms with van der Waals surface area (Å²) in [5.74, 6) is -0.255. The lowest BCUT2D eigenvalue weighted by atomic mass is 10.0. The fourth-order valence-corrected chi connectivity index (χ4v) is 2.88. The van der Waals surface area contributed by atoms with E-state index >= 15 is 0 Å². The maximum absolute atomic E-state index is 12.9. The molecule has 3 aromatic rings. The highest BCUT2D eigenvalue weighted by atomic mass is 35.5. The van der Waals surface area contributed by atoms with Crippen LogP contribution in [0.5, 0.6) is 0 Å². The second-order valence-corrected chi connectivity index (χ2v) is 6.42. The van der Waals surface area contributed by atoms with Crippen molar-refractivity contribution in [3.63, 3.8) is 0 Å². The van der Waals surface area contributed by atoms with Gasteiger partial charge in [-0.25, -0.2) is 15.0 Å². The van der Waals surface area contributed by atoms with Crippen LogP contribution < -0.4 is 0 Å². The van der Waals surface area contributed by atoms with Crippen LogP contribution in [0.1, 0.15) is 11.1 Å². The number of hydrogen-bond acceptors (Lipinski definition) is 5. The van der Waals surface area contributed by atoms with Crippen molar-refractivity contribution in [2.24, 2.45) is 0 Å². The van der Waals surface area contributed by atoms with E-state index in [4.69, 9.17) is 11.6 Å². The van der Waals surface area contributed by atoms with Crippen molar-refractivity contribution in [2.75, 3.05) is 0 Å². The van der Waals surface area contributed by atoms with Crippen molar-refractivity contribution >= 4 is 23.4 Å². The molecule has 0 amide bonds.